The van der Waals surface area contributed by atoms with E-state index in [1.54, 1.807) is 0 Å². The Kier molecular flexibility index (Phi) is 5.45. The van der Waals surface area contributed by atoms with Crippen LogP contribution >= 0.6 is 0 Å². The second kappa shape index (κ2) is 6.38. The van der Waals surface area contributed by atoms with E-state index < -0.39 is 0 Å². The Balaban J connectivity index is 2.19. The van der Waals surface area contributed by atoms with Gasteiger partial charge in [0, 0.05) is 6.04 Å². The summed E-state index contributed by atoms with van der Waals surface area (Å²) in [6, 6.07) is 0.479. The van der Waals surface area contributed by atoms with Crippen molar-refractivity contribution in [2.45, 2.75) is 45.6 Å². The first-order chi connectivity index (χ1) is 6.74. The zero-order valence-corrected chi connectivity index (χ0v) is 9.46. The highest BCUT2D eigenvalue weighted by molar-refractivity contribution is 4.79. The largest absolute Gasteiger partial charge is 0.330 e. The molecule has 1 saturated carbocycles. The molecule has 0 radical (unpaired) electrons. The van der Waals surface area contributed by atoms with Gasteiger partial charge >= 0.3 is 0 Å². The van der Waals surface area contributed by atoms with Gasteiger partial charge in [-0.15, -0.1) is 0 Å². The molecule has 0 amide bonds. The number of rotatable bonds is 5. The van der Waals surface area contributed by atoms with Crippen LogP contribution in [0.2, 0.25) is 0 Å². The van der Waals surface area contributed by atoms with Crippen LogP contribution in [0.15, 0.2) is 0 Å². The molecule has 0 aromatic carbocycles. The Bertz CT molecular complexity index is 150. The lowest BCUT2D eigenvalue weighted by Gasteiger charge is -2.31. The van der Waals surface area contributed by atoms with Crippen molar-refractivity contribution < 1.29 is 4.84 Å². The highest BCUT2D eigenvalue weighted by Crippen LogP contribution is 2.23. The van der Waals surface area contributed by atoms with Crippen LogP contribution in [0.25, 0.3) is 0 Å². The Morgan fingerprint density at radius 3 is 2.71 bits per heavy atom. The highest BCUT2D eigenvalue weighted by atomic mass is 16.6. The molecule has 2 unspecified atom stereocenters. The van der Waals surface area contributed by atoms with Crippen LogP contribution in [0, 0.1) is 11.8 Å². The number of nitrogens with one attached hydrogen (secondary N) is 1. The van der Waals surface area contributed by atoms with Crippen molar-refractivity contribution in [2.75, 3.05) is 13.2 Å². The third-order valence-corrected chi connectivity index (χ3v) is 2.86. The highest BCUT2D eigenvalue weighted by Gasteiger charge is 2.23. The summed E-state index contributed by atoms with van der Waals surface area (Å²) in [6.07, 6.45) is 5.09. The third kappa shape index (κ3) is 3.95. The molecule has 3 nitrogen and oxygen atoms in total. The fourth-order valence-corrected chi connectivity index (χ4v) is 1.97. The van der Waals surface area contributed by atoms with E-state index in [4.69, 9.17) is 10.6 Å². The molecule has 1 aliphatic rings. The predicted octanol–water partition coefficient (Wildman–Crippen LogP) is 1.68. The molecular formula is C11H24N2O. The normalized spacial score (nSPS) is 28.3. The maximum atomic E-state index is 5.73. The summed E-state index contributed by atoms with van der Waals surface area (Å²) in [5.74, 6) is 1.19. The number of nitrogens with two attached hydrogens (primary N) is 1. The van der Waals surface area contributed by atoms with Crippen molar-refractivity contribution in [2.24, 2.45) is 17.6 Å². The van der Waals surface area contributed by atoms with Crippen molar-refractivity contribution in [1.29, 1.82) is 0 Å². The number of hydroxylamine groups is 1. The van der Waals surface area contributed by atoms with Gasteiger partial charge in [-0.1, -0.05) is 26.7 Å². The van der Waals surface area contributed by atoms with Crippen LogP contribution in [0.3, 0.4) is 0 Å². The fraction of sp³-hybridized carbons (Fsp3) is 1.00. The van der Waals surface area contributed by atoms with E-state index in [0.717, 1.165) is 13.2 Å². The third-order valence-electron chi connectivity index (χ3n) is 2.86. The van der Waals surface area contributed by atoms with Gasteiger partial charge in [0.25, 0.3) is 0 Å². The molecule has 0 spiro atoms. The Hall–Kier alpha value is -0.120. The maximum absolute atomic E-state index is 5.73. The summed E-state index contributed by atoms with van der Waals surface area (Å²) in [6.45, 7) is 5.88. The van der Waals surface area contributed by atoms with Gasteiger partial charge in [-0.2, -0.15) is 5.48 Å². The molecule has 14 heavy (non-hydrogen) atoms. The van der Waals surface area contributed by atoms with Crippen LogP contribution in [0.1, 0.15) is 39.5 Å². The summed E-state index contributed by atoms with van der Waals surface area (Å²) < 4.78 is 0. The Morgan fingerprint density at radius 1 is 1.36 bits per heavy atom. The molecule has 0 heterocycles. The van der Waals surface area contributed by atoms with Crippen LogP contribution in [-0.2, 0) is 4.84 Å². The average Bonchev–Trinajstić information content (AvgIpc) is 2.18. The summed E-state index contributed by atoms with van der Waals surface area (Å²) >= 11 is 0. The van der Waals surface area contributed by atoms with Crippen molar-refractivity contribution in [3.63, 3.8) is 0 Å². The minimum absolute atomic E-state index is 0.479. The second-order valence-corrected chi connectivity index (χ2v) is 4.71. The quantitative estimate of drug-likeness (QED) is 0.664. The summed E-state index contributed by atoms with van der Waals surface area (Å²) in [4.78, 5) is 5.46. The minimum Gasteiger partial charge on any atom is -0.330 e. The molecule has 1 aliphatic carbocycles. The monoisotopic (exact) mass is 200 g/mol. The van der Waals surface area contributed by atoms with E-state index in [0.29, 0.717) is 17.9 Å². The van der Waals surface area contributed by atoms with Gasteiger partial charge in [-0.05, 0) is 31.2 Å². The zero-order valence-electron chi connectivity index (χ0n) is 9.46. The van der Waals surface area contributed by atoms with Crippen molar-refractivity contribution in [3.8, 4) is 0 Å². The molecule has 0 aromatic heterocycles. The second-order valence-electron chi connectivity index (χ2n) is 4.71. The lowest BCUT2D eigenvalue weighted by Crippen LogP contribution is -2.42. The molecule has 1 fully saturated rings. The first-order valence-electron chi connectivity index (χ1n) is 5.81. The number of hydrogen-bond acceptors (Lipinski definition) is 3. The van der Waals surface area contributed by atoms with E-state index in [1.165, 1.54) is 25.7 Å². The lowest BCUT2D eigenvalue weighted by molar-refractivity contribution is -0.0201. The van der Waals surface area contributed by atoms with Gasteiger partial charge in [0.1, 0.15) is 0 Å². The molecule has 3 heteroatoms. The van der Waals surface area contributed by atoms with E-state index >= 15 is 0 Å². The molecular weight excluding hydrogens is 176 g/mol. The van der Waals surface area contributed by atoms with Crippen LogP contribution < -0.4 is 11.2 Å². The molecule has 2 atom stereocenters. The van der Waals surface area contributed by atoms with Crippen LogP contribution in [0.5, 0.6) is 0 Å². The molecule has 84 valence electrons. The smallest absolute Gasteiger partial charge is 0.0705 e. The number of hydrogen-bond donors (Lipinski definition) is 2. The first kappa shape index (κ1) is 12.0. The van der Waals surface area contributed by atoms with Gasteiger partial charge in [0.15, 0.2) is 0 Å². The van der Waals surface area contributed by atoms with Gasteiger partial charge < -0.3 is 10.6 Å². The maximum Gasteiger partial charge on any atom is 0.0705 e. The molecule has 0 saturated heterocycles. The van der Waals surface area contributed by atoms with Gasteiger partial charge in [0.2, 0.25) is 0 Å². The van der Waals surface area contributed by atoms with Gasteiger partial charge in [-0.3, -0.25) is 0 Å². The van der Waals surface area contributed by atoms with E-state index in [1.807, 2.05) is 0 Å². The average molecular weight is 200 g/mol. The van der Waals surface area contributed by atoms with Gasteiger partial charge in [0.05, 0.1) is 6.61 Å². The molecule has 1 rings (SSSR count). The minimum atomic E-state index is 0.479. The molecule has 3 N–H and O–H groups in total. The fourth-order valence-electron chi connectivity index (χ4n) is 1.97. The van der Waals surface area contributed by atoms with Crippen molar-refractivity contribution >= 4 is 0 Å². The Morgan fingerprint density at radius 2 is 2.07 bits per heavy atom. The molecule has 0 bridgehead atoms. The Labute approximate surface area is 87.3 Å². The van der Waals surface area contributed by atoms with Crippen LogP contribution in [0.4, 0.5) is 0 Å². The first-order valence-corrected chi connectivity index (χ1v) is 5.81. The molecule has 0 aromatic rings. The summed E-state index contributed by atoms with van der Waals surface area (Å²) in [5, 5.41) is 0. The van der Waals surface area contributed by atoms with E-state index in [9.17, 15) is 0 Å². The summed E-state index contributed by atoms with van der Waals surface area (Å²) in [7, 11) is 0. The predicted molar refractivity (Wildman–Crippen MR) is 58.7 cm³/mol. The lowest BCUT2D eigenvalue weighted by atomic mass is 9.85. The van der Waals surface area contributed by atoms with Crippen LogP contribution in [-0.4, -0.2) is 19.2 Å². The summed E-state index contributed by atoms with van der Waals surface area (Å²) in [5.41, 5.74) is 8.90. The SMILES string of the molecule is CC(C)CONC1CCCCC1CN. The van der Waals surface area contributed by atoms with E-state index in [2.05, 4.69) is 19.3 Å². The van der Waals surface area contributed by atoms with Crippen molar-refractivity contribution in [1.82, 2.24) is 5.48 Å². The topological polar surface area (TPSA) is 47.3 Å². The van der Waals surface area contributed by atoms with E-state index in [-0.39, 0.29) is 0 Å². The molecule has 0 aliphatic heterocycles. The van der Waals surface area contributed by atoms with Crippen molar-refractivity contribution in [3.05, 3.63) is 0 Å². The van der Waals surface area contributed by atoms with Gasteiger partial charge in [-0.25, -0.2) is 0 Å². The standard InChI is InChI=1S/C11H24N2O/c1-9(2)8-14-13-11-6-4-3-5-10(11)7-12/h9-11,13H,3-8,12H2,1-2H3. The zero-order chi connectivity index (χ0) is 10.4.